The van der Waals surface area contributed by atoms with Gasteiger partial charge in [0.2, 0.25) is 0 Å². The van der Waals surface area contributed by atoms with E-state index in [2.05, 4.69) is 41.0 Å². The highest BCUT2D eigenvalue weighted by molar-refractivity contribution is 5.61. The normalized spacial score (nSPS) is 23.2. The average molecular weight is 401 g/mol. The van der Waals surface area contributed by atoms with E-state index in [-0.39, 0.29) is 12.0 Å². The Morgan fingerprint density at radius 3 is 2.79 bits per heavy atom. The molecule has 4 rings (SSSR count). The van der Waals surface area contributed by atoms with E-state index in [1.807, 2.05) is 10.7 Å². The standard InChI is InChI=1S/C22H36N6O/c1-16(2)18-12-26-28-20(24-11-17-6-4-3-5-7-17)10-19(27-21(18)28)25-14-22(15-29)8-9-23-13-22/h10,12,16-17,23-24,29H,3-9,11,13-15H2,1-2H3,(H,25,27)/t22-/m1/s1. The highest BCUT2D eigenvalue weighted by atomic mass is 16.3. The first-order chi connectivity index (χ1) is 14.1. The van der Waals surface area contributed by atoms with Crippen molar-refractivity contribution < 1.29 is 5.11 Å². The number of hydrogen-bond acceptors (Lipinski definition) is 6. The van der Waals surface area contributed by atoms with Crippen LogP contribution in [0.5, 0.6) is 0 Å². The number of aliphatic hydroxyl groups is 1. The van der Waals surface area contributed by atoms with Gasteiger partial charge in [-0.05, 0) is 37.6 Å². The van der Waals surface area contributed by atoms with Gasteiger partial charge in [0.05, 0.1) is 12.8 Å². The first kappa shape index (κ1) is 20.4. The Kier molecular flexibility index (Phi) is 6.25. The topological polar surface area (TPSA) is 86.5 Å². The summed E-state index contributed by atoms with van der Waals surface area (Å²) < 4.78 is 1.95. The quantitative estimate of drug-likeness (QED) is 0.544. The van der Waals surface area contributed by atoms with Crippen molar-refractivity contribution in [3.63, 3.8) is 0 Å². The van der Waals surface area contributed by atoms with Gasteiger partial charge in [-0.2, -0.15) is 9.61 Å². The molecule has 2 fully saturated rings. The number of rotatable bonds is 8. The monoisotopic (exact) mass is 400 g/mol. The second-order valence-electron chi connectivity index (χ2n) is 9.34. The summed E-state index contributed by atoms with van der Waals surface area (Å²) in [4.78, 5) is 4.89. The van der Waals surface area contributed by atoms with Crippen molar-refractivity contribution in [3.8, 4) is 0 Å². The van der Waals surface area contributed by atoms with Crippen molar-refractivity contribution in [2.45, 2.75) is 58.3 Å². The lowest BCUT2D eigenvalue weighted by molar-refractivity contribution is 0.154. The zero-order valence-corrected chi connectivity index (χ0v) is 17.9. The molecule has 3 heterocycles. The van der Waals surface area contributed by atoms with Crippen molar-refractivity contribution in [2.24, 2.45) is 11.3 Å². The molecule has 1 aliphatic heterocycles. The number of nitrogens with one attached hydrogen (secondary N) is 3. The number of anilines is 2. The zero-order chi connectivity index (χ0) is 20.3. The van der Waals surface area contributed by atoms with Crippen molar-refractivity contribution in [1.29, 1.82) is 0 Å². The first-order valence-electron chi connectivity index (χ1n) is 11.3. The van der Waals surface area contributed by atoms with Crippen LogP contribution in [0.15, 0.2) is 12.3 Å². The van der Waals surface area contributed by atoms with Crippen molar-refractivity contribution in [1.82, 2.24) is 19.9 Å². The fraction of sp³-hybridized carbons (Fsp3) is 0.727. The van der Waals surface area contributed by atoms with Crippen LogP contribution in [0.2, 0.25) is 0 Å². The molecule has 0 amide bonds. The van der Waals surface area contributed by atoms with Crippen LogP contribution >= 0.6 is 0 Å². The SMILES string of the molecule is CC(C)c1cnn2c(NCC3CCCCC3)cc(NC[C@@]3(CO)CCNC3)nc12. The lowest BCUT2D eigenvalue weighted by Crippen LogP contribution is -2.35. The molecule has 0 bridgehead atoms. The molecular formula is C22H36N6O. The summed E-state index contributed by atoms with van der Waals surface area (Å²) in [5.41, 5.74) is 1.97. The third-order valence-electron chi connectivity index (χ3n) is 6.73. The average Bonchev–Trinajstić information content (AvgIpc) is 3.39. The van der Waals surface area contributed by atoms with E-state index in [0.29, 0.717) is 12.5 Å². The number of nitrogens with zero attached hydrogens (tertiary/aromatic N) is 3. The molecular weight excluding hydrogens is 364 g/mol. The number of hydrogen-bond donors (Lipinski definition) is 4. The number of aliphatic hydroxyl groups excluding tert-OH is 1. The lowest BCUT2D eigenvalue weighted by Gasteiger charge is -2.26. The lowest BCUT2D eigenvalue weighted by atomic mass is 9.88. The van der Waals surface area contributed by atoms with E-state index in [1.165, 1.54) is 32.1 Å². The Morgan fingerprint density at radius 1 is 1.28 bits per heavy atom. The Balaban J connectivity index is 1.57. The van der Waals surface area contributed by atoms with Crippen LogP contribution in [0.25, 0.3) is 5.65 Å². The summed E-state index contributed by atoms with van der Waals surface area (Å²) in [5.74, 6) is 2.96. The summed E-state index contributed by atoms with van der Waals surface area (Å²) in [6.45, 7) is 8.05. The Labute approximate surface area is 173 Å². The molecule has 1 aliphatic carbocycles. The smallest absolute Gasteiger partial charge is 0.163 e. The molecule has 1 atom stereocenters. The van der Waals surface area contributed by atoms with Crippen molar-refractivity contribution in [2.75, 3.05) is 43.4 Å². The molecule has 7 heteroatoms. The maximum absolute atomic E-state index is 9.91. The molecule has 160 valence electrons. The maximum Gasteiger partial charge on any atom is 0.163 e. The van der Waals surface area contributed by atoms with Gasteiger partial charge in [-0.25, -0.2) is 4.98 Å². The first-order valence-corrected chi connectivity index (χ1v) is 11.3. The van der Waals surface area contributed by atoms with Gasteiger partial charge in [0.15, 0.2) is 5.65 Å². The van der Waals surface area contributed by atoms with Crippen LogP contribution < -0.4 is 16.0 Å². The van der Waals surface area contributed by atoms with Gasteiger partial charge in [0.1, 0.15) is 11.6 Å². The third-order valence-corrected chi connectivity index (χ3v) is 6.73. The van der Waals surface area contributed by atoms with Crippen LogP contribution in [0.4, 0.5) is 11.6 Å². The molecule has 7 nitrogen and oxygen atoms in total. The summed E-state index contributed by atoms with van der Waals surface area (Å²) in [6.07, 6.45) is 9.63. The molecule has 4 N–H and O–H groups in total. The highest BCUT2D eigenvalue weighted by Gasteiger charge is 2.33. The van der Waals surface area contributed by atoms with E-state index < -0.39 is 0 Å². The van der Waals surface area contributed by atoms with Gasteiger partial charge in [-0.3, -0.25) is 0 Å². The molecule has 0 unspecified atom stereocenters. The fourth-order valence-electron chi connectivity index (χ4n) is 4.66. The summed E-state index contributed by atoms with van der Waals surface area (Å²) >= 11 is 0. The Morgan fingerprint density at radius 2 is 2.10 bits per heavy atom. The van der Waals surface area contributed by atoms with Gasteiger partial charge in [-0.1, -0.05) is 33.1 Å². The van der Waals surface area contributed by atoms with Gasteiger partial charge < -0.3 is 21.1 Å². The molecule has 0 spiro atoms. The molecule has 0 radical (unpaired) electrons. The van der Waals surface area contributed by atoms with Gasteiger partial charge in [0, 0.05) is 36.7 Å². The Bertz CT molecular complexity index is 805. The number of aromatic nitrogens is 3. The zero-order valence-electron chi connectivity index (χ0n) is 17.9. The summed E-state index contributed by atoms with van der Waals surface area (Å²) in [7, 11) is 0. The largest absolute Gasteiger partial charge is 0.396 e. The minimum Gasteiger partial charge on any atom is -0.396 e. The molecule has 1 saturated carbocycles. The maximum atomic E-state index is 9.91. The molecule has 2 aromatic rings. The van der Waals surface area contributed by atoms with E-state index in [1.54, 1.807) is 0 Å². The molecule has 1 saturated heterocycles. The van der Waals surface area contributed by atoms with Gasteiger partial charge in [0.25, 0.3) is 0 Å². The second-order valence-corrected chi connectivity index (χ2v) is 9.34. The van der Waals surface area contributed by atoms with Crippen LogP contribution in [0.1, 0.15) is 63.9 Å². The summed E-state index contributed by atoms with van der Waals surface area (Å²) in [5, 5.41) is 25.1. The predicted octanol–water partition coefficient (Wildman–Crippen LogP) is 3.23. The van der Waals surface area contributed by atoms with Crippen molar-refractivity contribution >= 4 is 17.3 Å². The van der Waals surface area contributed by atoms with E-state index >= 15 is 0 Å². The molecule has 2 aromatic heterocycles. The fourth-order valence-corrected chi connectivity index (χ4v) is 4.66. The van der Waals surface area contributed by atoms with E-state index in [9.17, 15) is 5.11 Å². The van der Waals surface area contributed by atoms with Crippen LogP contribution in [0, 0.1) is 11.3 Å². The summed E-state index contributed by atoms with van der Waals surface area (Å²) in [6, 6.07) is 2.07. The van der Waals surface area contributed by atoms with Crippen LogP contribution in [0.3, 0.4) is 0 Å². The van der Waals surface area contributed by atoms with E-state index in [0.717, 1.165) is 54.8 Å². The predicted molar refractivity (Wildman–Crippen MR) is 118 cm³/mol. The van der Waals surface area contributed by atoms with Gasteiger partial charge in [-0.15, -0.1) is 0 Å². The minimum absolute atomic E-state index is 0.107. The third kappa shape index (κ3) is 4.51. The van der Waals surface area contributed by atoms with Gasteiger partial charge >= 0.3 is 0 Å². The minimum atomic E-state index is -0.107. The highest BCUT2D eigenvalue weighted by Crippen LogP contribution is 2.28. The second kappa shape index (κ2) is 8.88. The van der Waals surface area contributed by atoms with Crippen LogP contribution in [-0.2, 0) is 0 Å². The van der Waals surface area contributed by atoms with Crippen LogP contribution in [-0.4, -0.2) is 52.5 Å². The van der Waals surface area contributed by atoms with Crippen molar-refractivity contribution in [3.05, 3.63) is 17.8 Å². The Hall–Kier alpha value is -1.86. The van der Waals surface area contributed by atoms with E-state index in [4.69, 9.17) is 4.98 Å². The molecule has 0 aromatic carbocycles. The molecule has 29 heavy (non-hydrogen) atoms. The molecule has 2 aliphatic rings. The number of fused-ring (bicyclic) bond motifs is 1.